The topological polar surface area (TPSA) is 67.2 Å². The maximum atomic E-state index is 11.8. The molecule has 7 heteroatoms. The molecule has 0 bridgehead atoms. The largest absolute Gasteiger partial charge is 0.390 e. The summed E-state index contributed by atoms with van der Waals surface area (Å²) < 4.78 is 2.80. The zero-order valence-corrected chi connectivity index (χ0v) is 14.7. The van der Waals surface area contributed by atoms with Crippen LogP contribution in [0.4, 0.5) is 0 Å². The van der Waals surface area contributed by atoms with E-state index in [2.05, 4.69) is 26.2 Å². The highest BCUT2D eigenvalue weighted by Crippen LogP contribution is 2.24. The third kappa shape index (κ3) is 4.59. The summed E-state index contributed by atoms with van der Waals surface area (Å²) in [4.78, 5) is 16.1. The molecule has 1 aromatic heterocycles. The van der Waals surface area contributed by atoms with Crippen LogP contribution in [0.1, 0.15) is 18.2 Å². The predicted molar refractivity (Wildman–Crippen MR) is 90.5 cm³/mol. The molecule has 5 nitrogen and oxygen atoms in total. The Morgan fingerprint density at radius 2 is 2.14 bits per heavy atom. The van der Waals surface area contributed by atoms with Gasteiger partial charge in [0.05, 0.1) is 18.5 Å². The summed E-state index contributed by atoms with van der Waals surface area (Å²) in [5.41, 5.74) is 1.82. The smallest absolute Gasteiger partial charge is 0.240 e. The molecule has 0 spiro atoms. The molecule has 0 aliphatic heterocycles. The van der Waals surface area contributed by atoms with E-state index in [0.29, 0.717) is 12.2 Å². The number of hydrogen-bond acceptors (Lipinski definition) is 4. The normalized spacial score (nSPS) is 10.7. The number of nitrogens with zero attached hydrogens (tertiary/aromatic N) is 2. The van der Waals surface area contributed by atoms with Crippen molar-refractivity contribution in [3.8, 4) is 0 Å². The van der Waals surface area contributed by atoms with Crippen LogP contribution >= 0.6 is 27.7 Å². The number of aliphatic hydroxyl groups excluding tert-OH is 1. The zero-order chi connectivity index (χ0) is 15.9. The number of imidazole rings is 1. The van der Waals surface area contributed by atoms with Crippen molar-refractivity contribution >= 4 is 33.6 Å². The molecule has 22 heavy (non-hydrogen) atoms. The summed E-state index contributed by atoms with van der Waals surface area (Å²) in [5.74, 6) is 0.672. The van der Waals surface area contributed by atoms with Gasteiger partial charge in [0.2, 0.25) is 5.91 Å². The van der Waals surface area contributed by atoms with E-state index in [-0.39, 0.29) is 19.1 Å². The summed E-state index contributed by atoms with van der Waals surface area (Å²) in [6, 6.07) is 8.08. The lowest BCUT2D eigenvalue weighted by Gasteiger charge is -2.10. The zero-order valence-electron chi connectivity index (χ0n) is 12.3. The Balaban J connectivity index is 2.08. The van der Waals surface area contributed by atoms with Crippen molar-refractivity contribution in [1.29, 1.82) is 0 Å². The third-order valence-corrected chi connectivity index (χ3v) is 4.61. The van der Waals surface area contributed by atoms with Gasteiger partial charge in [-0.2, -0.15) is 0 Å². The van der Waals surface area contributed by atoms with E-state index in [9.17, 15) is 9.90 Å². The Labute approximate surface area is 142 Å². The van der Waals surface area contributed by atoms with E-state index in [1.165, 1.54) is 5.56 Å². The van der Waals surface area contributed by atoms with Crippen LogP contribution in [0.3, 0.4) is 0 Å². The minimum atomic E-state index is -0.134. The van der Waals surface area contributed by atoms with Gasteiger partial charge in [0.15, 0.2) is 5.16 Å². The number of aromatic nitrogens is 2. The quantitative estimate of drug-likeness (QED) is 0.721. The maximum Gasteiger partial charge on any atom is 0.240 e. The van der Waals surface area contributed by atoms with Gasteiger partial charge in [0.1, 0.15) is 6.54 Å². The number of aliphatic hydroxyl groups is 1. The van der Waals surface area contributed by atoms with Crippen molar-refractivity contribution < 1.29 is 9.90 Å². The molecular weight excluding hydrogens is 366 g/mol. The van der Waals surface area contributed by atoms with Crippen molar-refractivity contribution in [3.63, 3.8) is 0 Å². The summed E-state index contributed by atoms with van der Waals surface area (Å²) >= 11 is 4.96. The van der Waals surface area contributed by atoms with Crippen molar-refractivity contribution in [2.45, 2.75) is 31.0 Å². The van der Waals surface area contributed by atoms with Gasteiger partial charge in [-0.05, 0) is 24.6 Å². The first-order chi connectivity index (χ1) is 10.6. The number of amides is 1. The fourth-order valence-corrected chi connectivity index (χ4v) is 3.15. The highest BCUT2D eigenvalue weighted by molar-refractivity contribution is 9.10. The van der Waals surface area contributed by atoms with Crippen LogP contribution in [0.25, 0.3) is 0 Å². The highest BCUT2D eigenvalue weighted by Gasteiger charge is 2.13. The number of rotatable bonds is 7. The molecule has 2 rings (SSSR count). The van der Waals surface area contributed by atoms with Gasteiger partial charge >= 0.3 is 0 Å². The van der Waals surface area contributed by atoms with Gasteiger partial charge in [-0.3, -0.25) is 4.79 Å². The number of carbonyl (C=O) groups excluding carboxylic acids is 1. The average molecular weight is 384 g/mol. The van der Waals surface area contributed by atoms with E-state index in [1.54, 1.807) is 22.5 Å². The van der Waals surface area contributed by atoms with Crippen LogP contribution in [0.2, 0.25) is 0 Å². The Bertz CT molecular complexity index is 628. The number of likely N-dealkylation sites (N-methyl/N-ethyl adjacent to an activating group) is 1. The first-order valence-corrected chi connectivity index (χ1v) is 8.71. The van der Waals surface area contributed by atoms with E-state index < -0.39 is 0 Å². The molecule has 0 aliphatic carbocycles. The van der Waals surface area contributed by atoms with Gasteiger partial charge in [0.25, 0.3) is 0 Å². The van der Waals surface area contributed by atoms with Gasteiger partial charge in [-0.25, -0.2) is 4.98 Å². The van der Waals surface area contributed by atoms with Crippen molar-refractivity contribution in [2.24, 2.45) is 0 Å². The fraction of sp³-hybridized carbons (Fsp3) is 0.333. The molecule has 2 N–H and O–H groups in total. The number of hydrogen-bond donors (Lipinski definition) is 2. The summed E-state index contributed by atoms with van der Waals surface area (Å²) in [7, 11) is 0. The lowest BCUT2D eigenvalue weighted by atomic mass is 10.2. The molecule has 0 radical (unpaired) electrons. The molecule has 0 fully saturated rings. The van der Waals surface area contributed by atoms with Crippen molar-refractivity contribution in [2.75, 3.05) is 6.54 Å². The van der Waals surface area contributed by atoms with Gasteiger partial charge in [-0.1, -0.05) is 39.8 Å². The average Bonchev–Trinajstić information content (AvgIpc) is 2.89. The molecule has 0 saturated carbocycles. The number of benzene rings is 1. The van der Waals surface area contributed by atoms with E-state index in [0.717, 1.165) is 15.4 Å². The molecule has 0 atom stereocenters. The van der Waals surface area contributed by atoms with Crippen LogP contribution in [0, 0.1) is 0 Å². The second kappa shape index (κ2) is 8.36. The molecule has 118 valence electrons. The van der Waals surface area contributed by atoms with Crippen molar-refractivity contribution in [1.82, 2.24) is 14.9 Å². The summed E-state index contributed by atoms with van der Waals surface area (Å²) in [6.07, 6.45) is 1.61. The lowest BCUT2D eigenvalue weighted by Crippen LogP contribution is -2.28. The summed E-state index contributed by atoms with van der Waals surface area (Å²) in [5, 5.41) is 12.9. The Morgan fingerprint density at radius 1 is 1.41 bits per heavy atom. The van der Waals surface area contributed by atoms with Gasteiger partial charge in [-0.15, -0.1) is 0 Å². The number of carbonyl (C=O) groups is 1. The van der Waals surface area contributed by atoms with Crippen LogP contribution < -0.4 is 5.32 Å². The van der Waals surface area contributed by atoms with Crippen LogP contribution in [0.5, 0.6) is 0 Å². The Hall–Kier alpha value is -1.31. The summed E-state index contributed by atoms with van der Waals surface area (Å²) in [6.45, 7) is 2.50. The van der Waals surface area contributed by atoms with Crippen LogP contribution in [0.15, 0.2) is 40.1 Å². The fourth-order valence-electron chi connectivity index (χ4n) is 1.93. The molecule has 1 heterocycles. The molecule has 0 saturated heterocycles. The lowest BCUT2D eigenvalue weighted by molar-refractivity contribution is -0.121. The van der Waals surface area contributed by atoms with Gasteiger partial charge < -0.3 is 15.0 Å². The van der Waals surface area contributed by atoms with Crippen LogP contribution in [-0.2, 0) is 23.7 Å². The molecule has 1 aromatic carbocycles. The highest BCUT2D eigenvalue weighted by atomic mass is 79.9. The van der Waals surface area contributed by atoms with E-state index in [1.807, 2.05) is 31.2 Å². The van der Waals surface area contributed by atoms with Crippen molar-refractivity contribution in [3.05, 3.63) is 46.2 Å². The molecule has 0 unspecified atom stereocenters. The number of nitrogens with one attached hydrogen (secondary N) is 1. The number of halogens is 1. The Kier molecular flexibility index (Phi) is 6.48. The minimum Gasteiger partial charge on any atom is -0.390 e. The number of thioether (sulfide) groups is 1. The second-order valence-corrected chi connectivity index (χ2v) is 6.50. The molecular formula is C15H18BrN3O2S. The van der Waals surface area contributed by atoms with Crippen LogP contribution in [-0.4, -0.2) is 27.1 Å². The molecule has 2 aromatic rings. The van der Waals surface area contributed by atoms with E-state index >= 15 is 0 Å². The SMILES string of the molecule is CCNC(=O)Cn1c(CO)cnc1SCc1ccc(Br)cc1. The third-order valence-electron chi connectivity index (χ3n) is 3.02. The van der Waals surface area contributed by atoms with Gasteiger partial charge in [0, 0.05) is 16.8 Å². The monoisotopic (exact) mass is 383 g/mol. The maximum absolute atomic E-state index is 11.8. The molecule has 1 amide bonds. The minimum absolute atomic E-state index is 0.0827. The molecule has 0 aliphatic rings. The predicted octanol–water partition coefficient (Wildman–Crippen LogP) is 2.57. The van der Waals surface area contributed by atoms with E-state index in [4.69, 9.17) is 0 Å². The Morgan fingerprint density at radius 3 is 2.77 bits per heavy atom. The second-order valence-electron chi connectivity index (χ2n) is 4.65. The first-order valence-electron chi connectivity index (χ1n) is 6.93. The first kappa shape index (κ1) is 17.1. The standard InChI is InChI=1S/C15H18BrN3O2S/c1-2-17-14(21)8-19-13(9-20)7-18-15(19)22-10-11-3-5-12(16)6-4-11/h3-7,20H,2,8-10H2,1H3,(H,17,21).